The Morgan fingerprint density at radius 1 is 1.38 bits per heavy atom. The fourth-order valence-electron chi connectivity index (χ4n) is 1.05. The molecule has 0 saturated carbocycles. The Morgan fingerprint density at radius 2 is 2.15 bits per heavy atom. The fraction of sp³-hybridized carbons (Fsp3) is 0.800. The molecule has 0 N–H and O–H groups in total. The molecule has 0 rings (SSSR count). The Labute approximate surface area is 84.0 Å². The lowest BCUT2D eigenvalue weighted by Crippen LogP contribution is -2.09. The van der Waals surface area contributed by atoms with Crippen LogP contribution < -0.4 is 0 Å². The minimum Gasteiger partial charge on any atom is -0.381 e. The van der Waals surface area contributed by atoms with Gasteiger partial charge in [-0.15, -0.1) is 0 Å². The molecular formula is C10H21O2P. The molecule has 2 atom stereocenters. The predicted molar refractivity (Wildman–Crippen MR) is 59.7 cm³/mol. The molecule has 0 aliphatic rings. The summed E-state index contributed by atoms with van der Waals surface area (Å²) in [6.45, 7) is 6.53. The zero-order valence-corrected chi connectivity index (χ0v) is 9.82. The maximum absolute atomic E-state index is 5.38. The molecule has 2 unspecified atom stereocenters. The van der Waals surface area contributed by atoms with Crippen molar-refractivity contribution in [2.45, 2.75) is 26.7 Å². The highest BCUT2D eigenvalue weighted by Crippen LogP contribution is 2.08. The quantitative estimate of drug-likeness (QED) is 0.447. The molecule has 0 heterocycles. The first-order valence-electron chi connectivity index (χ1n) is 4.91. The third-order valence-electron chi connectivity index (χ3n) is 1.79. The normalized spacial score (nSPS) is 13.8. The molecule has 78 valence electrons. The summed E-state index contributed by atoms with van der Waals surface area (Å²) in [6.07, 6.45) is 6.52. The zero-order valence-electron chi connectivity index (χ0n) is 8.66. The average Bonchev–Trinajstić information content (AvgIpc) is 2.17. The van der Waals surface area contributed by atoms with E-state index in [9.17, 15) is 0 Å². The van der Waals surface area contributed by atoms with Crippen molar-refractivity contribution in [2.24, 2.45) is 5.92 Å². The van der Waals surface area contributed by atoms with E-state index in [1.807, 2.05) is 6.92 Å². The first-order valence-corrected chi connectivity index (χ1v) is 5.38. The summed E-state index contributed by atoms with van der Waals surface area (Å²) in [5.74, 6) is 0.500. The molecule has 0 aromatic rings. The van der Waals surface area contributed by atoms with Crippen molar-refractivity contribution in [1.82, 2.24) is 0 Å². The van der Waals surface area contributed by atoms with E-state index in [1.54, 1.807) is 0 Å². The van der Waals surface area contributed by atoms with Crippen LogP contribution in [0.4, 0.5) is 0 Å². The molecule has 2 nitrogen and oxygen atoms in total. The molecule has 0 saturated heterocycles. The number of allylic oxidation sites excluding steroid dienone is 1. The molecular weight excluding hydrogens is 183 g/mol. The Bertz CT molecular complexity index is 118. The molecule has 0 spiro atoms. The highest BCUT2D eigenvalue weighted by atomic mass is 31.0. The van der Waals surface area contributed by atoms with Crippen molar-refractivity contribution in [3.05, 3.63) is 12.2 Å². The molecule has 0 aromatic carbocycles. The maximum Gasteiger partial charge on any atom is 0.0529 e. The molecule has 13 heavy (non-hydrogen) atoms. The van der Waals surface area contributed by atoms with Gasteiger partial charge in [-0.2, -0.15) is 0 Å². The van der Waals surface area contributed by atoms with Crippen molar-refractivity contribution in [3.8, 4) is 0 Å². The molecule has 3 heteroatoms. The lowest BCUT2D eigenvalue weighted by molar-refractivity contribution is 0.117. The van der Waals surface area contributed by atoms with Gasteiger partial charge in [0, 0.05) is 22.0 Å². The van der Waals surface area contributed by atoms with Gasteiger partial charge in [-0.05, 0) is 19.8 Å². The summed E-state index contributed by atoms with van der Waals surface area (Å²) in [7, 11) is 2.28. The van der Waals surface area contributed by atoms with E-state index in [0.717, 1.165) is 32.7 Å². The molecule has 0 fully saturated rings. The topological polar surface area (TPSA) is 18.5 Å². The van der Waals surface area contributed by atoms with E-state index in [0.29, 0.717) is 5.92 Å². The predicted octanol–water partition coefficient (Wildman–Crippen LogP) is 2.80. The number of hydrogen-bond donors (Lipinski definition) is 0. The van der Waals surface area contributed by atoms with E-state index < -0.39 is 0 Å². The molecule has 0 amide bonds. The molecule has 0 aliphatic carbocycles. The molecule has 0 radical (unpaired) electrons. The van der Waals surface area contributed by atoms with Crippen LogP contribution in [0, 0.1) is 5.92 Å². The molecule has 0 bridgehead atoms. The molecule has 0 aliphatic heterocycles. The van der Waals surface area contributed by atoms with Gasteiger partial charge in [-0.1, -0.05) is 19.1 Å². The number of ether oxygens (including phenoxy) is 1. The number of hydrogen-bond acceptors (Lipinski definition) is 2. The third kappa shape index (κ3) is 8.42. The van der Waals surface area contributed by atoms with Gasteiger partial charge in [0.05, 0.1) is 13.2 Å². The first kappa shape index (κ1) is 13.1. The van der Waals surface area contributed by atoms with Gasteiger partial charge in [0.1, 0.15) is 0 Å². The van der Waals surface area contributed by atoms with Crippen LogP contribution in [0.1, 0.15) is 26.7 Å². The van der Waals surface area contributed by atoms with Crippen molar-refractivity contribution in [3.63, 3.8) is 0 Å². The average molecular weight is 204 g/mol. The Morgan fingerprint density at radius 3 is 2.69 bits per heavy atom. The highest BCUT2D eigenvalue weighted by molar-refractivity contribution is 7.09. The van der Waals surface area contributed by atoms with Crippen molar-refractivity contribution < 1.29 is 9.26 Å². The van der Waals surface area contributed by atoms with Gasteiger partial charge in [0.2, 0.25) is 0 Å². The molecule has 0 aromatic heterocycles. The zero-order chi connectivity index (χ0) is 9.94. The minimum atomic E-state index is 0.500. The second-order valence-corrected chi connectivity index (χ2v) is 3.25. The maximum atomic E-state index is 5.38. The standard InChI is InChI=1S/C10H21O2P/c1-3-5-6-10(7-8-12-13)9-11-4-2/h5-6,10H,3-4,7-9,13H2,1-2H3. The second-order valence-electron chi connectivity index (χ2n) is 2.92. The Kier molecular flexibility index (Phi) is 10.2. The number of rotatable bonds is 8. The van der Waals surface area contributed by atoms with E-state index in [1.165, 1.54) is 0 Å². The van der Waals surface area contributed by atoms with Crippen LogP contribution in [0.25, 0.3) is 0 Å². The van der Waals surface area contributed by atoms with Crippen LogP contribution in [0.3, 0.4) is 0 Å². The van der Waals surface area contributed by atoms with Crippen molar-refractivity contribution >= 4 is 9.47 Å². The van der Waals surface area contributed by atoms with Crippen LogP contribution in [0.15, 0.2) is 12.2 Å². The van der Waals surface area contributed by atoms with Crippen LogP contribution >= 0.6 is 9.47 Å². The highest BCUT2D eigenvalue weighted by Gasteiger charge is 2.03. The lowest BCUT2D eigenvalue weighted by Gasteiger charge is -2.11. The van der Waals surface area contributed by atoms with Gasteiger partial charge in [0.25, 0.3) is 0 Å². The Hall–Kier alpha value is 0.0900. The lowest BCUT2D eigenvalue weighted by atomic mass is 10.1. The summed E-state index contributed by atoms with van der Waals surface area (Å²) in [5, 5.41) is 0. The monoisotopic (exact) mass is 204 g/mol. The van der Waals surface area contributed by atoms with Gasteiger partial charge >= 0.3 is 0 Å². The van der Waals surface area contributed by atoms with Crippen LogP contribution in [0.5, 0.6) is 0 Å². The summed E-state index contributed by atoms with van der Waals surface area (Å²) in [6, 6.07) is 0. The van der Waals surface area contributed by atoms with E-state index in [-0.39, 0.29) is 0 Å². The van der Waals surface area contributed by atoms with Gasteiger partial charge in [0.15, 0.2) is 0 Å². The van der Waals surface area contributed by atoms with E-state index >= 15 is 0 Å². The van der Waals surface area contributed by atoms with Gasteiger partial charge < -0.3 is 9.26 Å². The Balaban J connectivity index is 3.66. The summed E-state index contributed by atoms with van der Waals surface area (Å²) in [5.41, 5.74) is 0. The van der Waals surface area contributed by atoms with E-state index in [2.05, 4.69) is 28.5 Å². The van der Waals surface area contributed by atoms with Crippen LogP contribution in [0.2, 0.25) is 0 Å². The first-order chi connectivity index (χ1) is 6.35. The summed E-state index contributed by atoms with van der Waals surface area (Å²) in [4.78, 5) is 0. The summed E-state index contributed by atoms with van der Waals surface area (Å²) >= 11 is 0. The third-order valence-corrected chi connectivity index (χ3v) is 2.02. The largest absolute Gasteiger partial charge is 0.381 e. The fourth-order valence-corrected chi connectivity index (χ4v) is 1.19. The van der Waals surface area contributed by atoms with Gasteiger partial charge in [-0.25, -0.2) is 0 Å². The van der Waals surface area contributed by atoms with Crippen molar-refractivity contribution in [1.29, 1.82) is 0 Å². The van der Waals surface area contributed by atoms with Gasteiger partial charge in [-0.3, -0.25) is 0 Å². The van der Waals surface area contributed by atoms with Crippen LogP contribution in [-0.4, -0.2) is 19.8 Å². The van der Waals surface area contributed by atoms with Crippen LogP contribution in [-0.2, 0) is 9.26 Å². The minimum absolute atomic E-state index is 0.500. The van der Waals surface area contributed by atoms with Crippen molar-refractivity contribution in [2.75, 3.05) is 19.8 Å². The summed E-state index contributed by atoms with van der Waals surface area (Å²) < 4.78 is 10.3. The SMILES string of the molecule is CCC=CC(CCOP)COCC. The second kappa shape index (κ2) is 10.2. The smallest absolute Gasteiger partial charge is 0.0529 e. The van der Waals surface area contributed by atoms with E-state index in [4.69, 9.17) is 9.26 Å².